The Kier molecular flexibility index (Phi) is 3.60. The minimum absolute atomic E-state index is 0.0999. The highest BCUT2D eigenvalue weighted by molar-refractivity contribution is 5.82. The quantitative estimate of drug-likeness (QED) is 0.916. The Morgan fingerprint density at radius 3 is 2.52 bits per heavy atom. The Hall–Kier alpha value is -1.88. The van der Waals surface area contributed by atoms with Gasteiger partial charge in [-0.25, -0.2) is 0 Å². The molecule has 1 N–H and O–H groups in total. The molecule has 3 aliphatic rings. The molecule has 0 bridgehead atoms. The number of likely N-dealkylation sites (tertiary alicyclic amines) is 1. The number of benzene rings is 1. The molecule has 0 unspecified atom stereocenters. The molecule has 2 amide bonds. The van der Waals surface area contributed by atoms with Crippen LogP contribution in [0.25, 0.3) is 0 Å². The van der Waals surface area contributed by atoms with Crippen molar-refractivity contribution in [2.45, 2.75) is 37.9 Å². The van der Waals surface area contributed by atoms with Crippen molar-refractivity contribution >= 4 is 11.8 Å². The maximum Gasteiger partial charge on any atom is 0.235 e. The lowest BCUT2D eigenvalue weighted by molar-refractivity contribution is -0.135. The smallest absolute Gasteiger partial charge is 0.235 e. The fourth-order valence-electron chi connectivity index (χ4n) is 3.84. The van der Waals surface area contributed by atoms with Crippen molar-refractivity contribution in [1.29, 1.82) is 0 Å². The molecule has 5 heteroatoms. The first-order chi connectivity index (χ1) is 11.2. The molecule has 1 aliphatic carbocycles. The molecule has 1 saturated carbocycles. The van der Waals surface area contributed by atoms with Gasteiger partial charge < -0.3 is 10.2 Å². The van der Waals surface area contributed by atoms with Gasteiger partial charge in [-0.2, -0.15) is 0 Å². The summed E-state index contributed by atoms with van der Waals surface area (Å²) in [6, 6.07) is 10.3. The number of amides is 2. The van der Waals surface area contributed by atoms with Gasteiger partial charge in [0, 0.05) is 38.4 Å². The predicted octanol–water partition coefficient (Wildman–Crippen LogP) is 1.35. The Balaban J connectivity index is 1.45. The fourth-order valence-corrected chi connectivity index (χ4v) is 3.84. The molecular formula is C18H23N3O2. The maximum atomic E-state index is 12.2. The molecule has 1 spiro atoms. The van der Waals surface area contributed by atoms with Crippen molar-refractivity contribution in [1.82, 2.24) is 15.1 Å². The zero-order valence-corrected chi connectivity index (χ0v) is 13.3. The number of nitrogens with zero attached hydrogens (tertiary/aromatic N) is 2. The zero-order chi connectivity index (χ0) is 15.9. The summed E-state index contributed by atoms with van der Waals surface area (Å²) in [4.78, 5) is 28.5. The van der Waals surface area contributed by atoms with Gasteiger partial charge in [0.25, 0.3) is 0 Å². The van der Waals surface area contributed by atoms with Crippen LogP contribution in [0.5, 0.6) is 0 Å². The van der Waals surface area contributed by atoms with E-state index in [-0.39, 0.29) is 17.5 Å². The van der Waals surface area contributed by atoms with E-state index in [1.54, 1.807) is 0 Å². The van der Waals surface area contributed by atoms with Crippen LogP contribution in [0.1, 0.15) is 31.2 Å². The van der Waals surface area contributed by atoms with Gasteiger partial charge in [0.2, 0.25) is 11.8 Å². The number of nitrogens with one attached hydrogen (secondary N) is 1. The zero-order valence-electron chi connectivity index (χ0n) is 13.3. The number of hydrogen-bond acceptors (Lipinski definition) is 3. The minimum Gasteiger partial charge on any atom is -0.342 e. The number of piperidine rings is 1. The summed E-state index contributed by atoms with van der Waals surface area (Å²) in [7, 11) is 0. The first-order valence-corrected chi connectivity index (χ1v) is 8.55. The highest BCUT2D eigenvalue weighted by atomic mass is 16.2. The topological polar surface area (TPSA) is 52.7 Å². The van der Waals surface area contributed by atoms with Gasteiger partial charge in [-0.05, 0) is 18.4 Å². The highest BCUT2D eigenvalue weighted by Gasteiger charge is 2.47. The average molecular weight is 313 g/mol. The molecular weight excluding hydrogens is 290 g/mol. The minimum atomic E-state index is -0.271. The maximum absolute atomic E-state index is 12.2. The Labute approximate surface area is 136 Å². The molecule has 0 radical (unpaired) electrons. The van der Waals surface area contributed by atoms with Crippen LogP contribution in [0.2, 0.25) is 0 Å². The van der Waals surface area contributed by atoms with Crippen molar-refractivity contribution < 1.29 is 9.59 Å². The molecule has 2 saturated heterocycles. The third kappa shape index (κ3) is 2.85. The van der Waals surface area contributed by atoms with E-state index in [9.17, 15) is 9.59 Å². The van der Waals surface area contributed by atoms with Gasteiger partial charge in [0.1, 0.15) is 0 Å². The van der Waals surface area contributed by atoms with E-state index < -0.39 is 0 Å². The van der Waals surface area contributed by atoms with Gasteiger partial charge in [0.05, 0.1) is 12.2 Å². The second-order valence-electron chi connectivity index (χ2n) is 7.02. The fraction of sp³-hybridized carbons (Fsp3) is 0.556. The Morgan fingerprint density at radius 2 is 1.87 bits per heavy atom. The second kappa shape index (κ2) is 5.64. The number of rotatable bonds is 3. The molecule has 0 aromatic heterocycles. The molecule has 23 heavy (non-hydrogen) atoms. The molecule has 4 rings (SSSR count). The van der Waals surface area contributed by atoms with Crippen LogP contribution in [0.4, 0.5) is 0 Å². The standard InChI is InChI=1S/C18H23N3O2/c22-16-13-21(12-14-4-2-1-3-5-14)18(19-16)8-10-20(11-9-18)17(23)15-6-7-15/h1-5,15H,6-13H2,(H,19,22). The summed E-state index contributed by atoms with van der Waals surface area (Å²) < 4.78 is 0. The van der Waals surface area contributed by atoms with Crippen LogP contribution in [-0.4, -0.2) is 46.9 Å². The molecule has 2 heterocycles. The molecule has 1 aromatic rings. The molecule has 122 valence electrons. The predicted molar refractivity (Wildman–Crippen MR) is 86.3 cm³/mol. The van der Waals surface area contributed by atoms with Crippen LogP contribution in [-0.2, 0) is 16.1 Å². The van der Waals surface area contributed by atoms with Crippen molar-refractivity contribution in [2.75, 3.05) is 19.6 Å². The van der Waals surface area contributed by atoms with E-state index in [0.29, 0.717) is 12.5 Å². The summed E-state index contributed by atoms with van der Waals surface area (Å²) >= 11 is 0. The summed E-state index contributed by atoms with van der Waals surface area (Å²) in [5, 5.41) is 3.19. The highest BCUT2D eigenvalue weighted by Crippen LogP contribution is 2.35. The third-order valence-corrected chi connectivity index (χ3v) is 5.36. The van der Waals surface area contributed by atoms with E-state index >= 15 is 0 Å². The van der Waals surface area contributed by atoms with Crippen LogP contribution in [0.3, 0.4) is 0 Å². The number of hydrogen-bond donors (Lipinski definition) is 1. The summed E-state index contributed by atoms with van der Waals surface area (Å²) in [5.74, 6) is 0.698. The van der Waals surface area contributed by atoms with Gasteiger partial charge in [-0.1, -0.05) is 30.3 Å². The van der Waals surface area contributed by atoms with E-state index in [1.165, 1.54) is 5.56 Å². The molecule has 1 aromatic carbocycles. The van der Waals surface area contributed by atoms with Gasteiger partial charge in [-0.3, -0.25) is 14.5 Å². The van der Waals surface area contributed by atoms with Crippen molar-refractivity contribution in [3.05, 3.63) is 35.9 Å². The largest absolute Gasteiger partial charge is 0.342 e. The van der Waals surface area contributed by atoms with Crippen LogP contribution >= 0.6 is 0 Å². The van der Waals surface area contributed by atoms with E-state index in [4.69, 9.17) is 0 Å². The van der Waals surface area contributed by atoms with Crippen molar-refractivity contribution in [2.24, 2.45) is 5.92 Å². The van der Waals surface area contributed by atoms with E-state index in [2.05, 4.69) is 22.3 Å². The summed E-state index contributed by atoms with van der Waals surface area (Å²) in [6.45, 7) is 2.73. The first-order valence-electron chi connectivity index (χ1n) is 8.55. The van der Waals surface area contributed by atoms with Crippen LogP contribution in [0.15, 0.2) is 30.3 Å². The third-order valence-electron chi connectivity index (χ3n) is 5.36. The lowest BCUT2D eigenvalue weighted by Crippen LogP contribution is -2.58. The Morgan fingerprint density at radius 1 is 1.17 bits per heavy atom. The van der Waals surface area contributed by atoms with Crippen molar-refractivity contribution in [3.8, 4) is 0 Å². The van der Waals surface area contributed by atoms with Gasteiger partial charge in [0.15, 0.2) is 0 Å². The summed E-state index contributed by atoms with van der Waals surface area (Å²) in [5.41, 5.74) is 0.952. The average Bonchev–Trinajstić information content (AvgIpc) is 3.36. The lowest BCUT2D eigenvalue weighted by Gasteiger charge is -2.44. The Bertz CT molecular complexity index is 604. The number of carbonyl (C=O) groups is 2. The van der Waals surface area contributed by atoms with Crippen LogP contribution < -0.4 is 5.32 Å². The molecule has 2 aliphatic heterocycles. The molecule has 3 fully saturated rings. The van der Waals surface area contributed by atoms with Crippen LogP contribution in [0, 0.1) is 5.92 Å². The summed E-state index contributed by atoms with van der Waals surface area (Å²) in [6.07, 6.45) is 3.75. The number of carbonyl (C=O) groups excluding carboxylic acids is 2. The monoisotopic (exact) mass is 313 g/mol. The van der Waals surface area contributed by atoms with E-state index in [1.807, 2.05) is 23.1 Å². The second-order valence-corrected chi connectivity index (χ2v) is 7.02. The normalized spacial score (nSPS) is 24.0. The molecule has 0 atom stereocenters. The first kappa shape index (κ1) is 14.7. The van der Waals surface area contributed by atoms with E-state index in [0.717, 1.165) is 45.3 Å². The lowest BCUT2D eigenvalue weighted by atomic mass is 9.95. The van der Waals surface area contributed by atoms with Gasteiger partial charge >= 0.3 is 0 Å². The van der Waals surface area contributed by atoms with Crippen molar-refractivity contribution in [3.63, 3.8) is 0 Å². The molecule has 5 nitrogen and oxygen atoms in total. The SMILES string of the molecule is O=C1CN(Cc2ccccc2)C2(CCN(C(=O)C3CC3)CC2)N1. The van der Waals surface area contributed by atoms with Gasteiger partial charge in [-0.15, -0.1) is 0 Å².